The maximum Gasteiger partial charge on any atom is 0.165 e. The van der Waals surface area contributed by atoms with Gasteiger partial charge in [0.15, 0.2) is 5.49 Å². The number of hydrogen-bond acceptors (Lipinski definition) is 2. The molecule has 1 aromatic heterocycles. The van der Waals surface area contributed by atoms with E-state index in [0.717, 1.165) is 4.73 Å². The van der Waals surface area contributed by atoms with E-state index in [2.05, 4.69) is 4.99 Å². The first-order chi connectivity index (χ1) is 5.61. The average molecular weight is 187 g/mol. The minimum absolute atomic E-state index is 0.141. The highest BCUT2D eigenvalue weighted by Crippen LogP contribution is 2.00. The van der Waals surface area contributed by atoms with E-state index in [4.69, 9.17) is 11.6 Å². The molecule has 1 heterocycles. The van der Waals surface area contributed by atoms with Gasteiger partial charge in [-0.2, -0.15) is 4.73 Å². The predicted molar refractivity (Wildman–Crippen MR) is 47.3 cm³/mol. The van der Waals surface area contributed by atoms with Gasteiger partial charge in [-0.15, -0.1) is 0 Å². The molecule has 1 rings (SSSR count). The number of nitrogens with zero attached hydrogens (tertiary/aromatic N) is 2. The van der Waals surface area contributed by atoms with Gasteiger partial charge in [0.05, 0.1) is 0 Å². The molecule has 0 spiro atoms. The lowest BCUT2D eigenvalue weighted by molar-refractivity contribution is 0.171. The van der Waals surface area contributed by atoms with Crippen LogP contribution in [0.15, 0.2) is 23.2 Å². The van der Waals surface area contributed by atoms with Gasteiger partial charge in [-0.3, -0.25) is 4.99 Å². The summed E-state index contributed by atoms with van der Waals surface area (Å²) in [4.78, 5) is 4.15. The van der Waals surface area contributed by atoms with Gasteiger partial charge in [0, 0.05) is 6.04 Å². The third-order valence-corrected chi connectivity index (χ3v) is 1.57. The summed E-state index contributed by atoms with van der Waals surface area (Å²) >= 11 is 5.65. The number of aromatic nitrogens is 1. The van der Waals surface area contributed by atoms with E-state index in [1.165, 1.54) is 0 Å². The fourth-order valence-corrected chi connectivity index (χ4v) is 0.986. The van der Waals surface area contributed by atoms with Crippen LogP contribution >= 0.6 is 11.6 Å². The molecule has 1 N–H and O–H groups in total. The van der Waals surface area contributed by atoms with Gasteiger partial charge in [-0.1, -0.05) is 17.7 Å². The molecule has 3 nitrogen and oxygen atoms in total. The van der Waals surface area contributed by atoms with E-state index in [-0.39, 0.29) is 11.2 Å². The average Bonchev–Trinajstić information content (AvgIpc) is 1.98. The Morgan fingerprint density at radius 1 is 1.50 bits per heavy atom. The van der Waals surface area contributed by atoms with Gasteiger partial charge >= 0.3 is 0 Å². The zero-order chi connectivity index (χ0) is 9.14. The van der Waals surface area contributed by atoms with Crippen LogP contribution < -0.4 is 5.49 Å². The molecule has 4 heteroatoms. The van der Waals surface area contributed by atoms with Crippen LogP contribution in [0.4, 0.5) is 0 Å². The van der Waals surface area contributed by atoms with Gasteiger partial charge in [0.1, 0.15) is 5.15 Å². The fourth-order valence-electron chi connectivity index (χ4n) is 0.826. The Labute approximate surface area is 75.9 Å². The molecule has 66 valence electrons. The summed E-state index contributed by atoms with van der Waals surface area (Å²) in [6.07, 6.45) is 0. The Morgan fingerprint density at radius 2 is 2.17 bits per heavy atom. The van der Waals surface area contributed by atoms with Crippen LogP contribution in [-0.4, -0.2) is 16.0 Å². The van der Waals surface area contributed by atoms with Crippen LogP contribution in [0.2, 0.25) is 5.15 Å². The van der Waals surface area contributed by atoms with E-state index in [1.54, 1.807) is 18.2 Å². The van der Waals surface area contributed by atoms with Crippen molar-refractivity contribution >= 4 is 11.6 Å². The highest BCUT2D eigenvalue weighted by molar-refractivity contribution is 6.29. The van der Waals surface area contributed by atoms with Crippen LogP contribution in [0, 0.1) is 0 Å². The topological polar surface area (TPSA) is 37.5 Å². The van der Waals surface area contributed by atoms with Crippen molar-refractivity contribution in [2.45, 2.75) is 19.9 Å². The van der Waals surface area contributed by atoms with Gasteiger partial charge in [-0.25, -0.2) is 0 Å². The molecule has 0 aliphatic rings. The number of pyridine rings is 1. The molecule has 0 fully saturated rings. The van der Waals surface area contributed by atoms with Crippen molar-refractivity contribution in [1.82, 2.24) is 4.73 Å². The zero-order valence-electron chi connectivity index (χ0n) is 7.03. The molecule has 0 saturated carbocycles. The Bertz CT molecular complexity index is 330. The second-order valence-electron chi connectivity index (χ2n) is 2.74. The molecule has 0 saturated heterocycles. The third kappa shape index (κ3) is 2.01. The maximum absolute atomic E-state index is 9.34. The highest BCUT2D eigenvalue weighted by atomic mass is 35.5. The van der Waals surface area contributed by atoms with E-state index in [1.807, 2.05) is 13.8 Å². The molecule has 0 amide bonds. The van der Waals surface area contributed by atoms with Crippen molar-refractivity contribution in [2.24, 2.45) is 4.99 Å². The molecule has 0 unspecified atom stereocenters. The monoisotopic (exact) mass is 186 g/mol. The van der Waals surface area contributed by atoms with Gasteiger partial charge in [0.2, 0.25) is 0 Å². The van der Waals surface area contributed by atoms with Gasteiger partial charge in [-0.05, 0) is 26.0 Å². The number of rotatable bonds is 1. The molecular weight excluding hydrogens is 176 g/mol. The highest BCUT2D eigenvalue weighted by Gasteiger charge is 1.95. The van der Waals surface area contributed by atoms with Crippen LogP contribution in [0.5, 0.6) is 0 Å². The van der Waals surface area contributed by atoms with Crippen molar-refractivity contribution < 1.29 is 5.21 Å². The Balaban J connectivity index is 3.25. The fraction of sp³-hybridized carbons (Fsp3) is 0.375. The van der Waals surface area contributed by atoms with E-state index >= 15 is 0 Å². The first-order valence-electron chi connectivity index (χ1n) is 3.72. The standard InChI is InChI=1S/C8H11ClN2O/c1-6(2)10-8-5-3-4-7(9)11(8)12/h3-6,12H,1-2H3. The lowest BCUT2D eigenvalue weighted by Crippen LogP contribution is -2.20. The normalized spacial score (nSPS) is 12.5. The molecule has 0 radical (unpaired) electrons. The number of hydrogen-bond donors (Lipinski definition) is 1. The van der Waals surface area contributed by atoms with E-state index < -0.39 is 0 Å². The largest absolute Gasteiger partial charge is 0.426 e. The van der Waals surface area contributed by atoms with Crippen molar-refractivity contribution in [2.75, 3.05) is 0 Å². The van der Waals surface area contributed by atoms with E-state index in [9.17, 15) is 5.21 Å². The summed E-state index contributed by atoms with van der Waals surface area (Å²) in [6, 6.07) is 5.19. The summed E-state index contributed by atoms with van der Waals surface area (Å²) in [6.45, 7) is 3.86. The summed E-state index contributed by atoms with van der Waals surface area (Å²) in [5, 5.41) is 9.60. The molecule has 0 atom stereocenters. The maximum atomic E-state index is 9.34. The summed E-state index contributed by atoms with van der Waals surface area (Å²) in [7, 11) is 0. The second-order valence-corrected chi connectivity index (χ2v) is 3.13. The van der Waals surface area contributed by atoms with Gasteiger partial charge < -0.3 is 5.21 Å². The van der Waals surface area contributed by atoms with Crippen molar-refractivity contribution in [1.29, 1.82) is 0 Å². The minimum Gasteiger partial charge on any atom is -0.426 e. The Morgan fingerprint density at radius 3 is 2.75 bits per heavy atom. The van der Waals surface area contributed by atoms with Crippen LogP contribution in [0.1, 0.15) is 13.8 Å². The predicted octanol–water partition coefficient (Wildman–Crippen LogP) is 1.69. The summed E-state index contributed by atoms with van der Waals surface area (Å²) < 4.78 is 0.863. The van der Waals surface area contributed by atoms with Crippen LogP contribution in [0.3, 0.4) is 0 Å². The molecule has 12 heavy (non-hydrogen) atoms. The van der Waals surface area contributed by atoms with Crippen molar-refractivity contribution in [3.8, 4) is 0 Å². The zero-order valence-corrected chi connectivity index (χ0v) is 7.78. The molecule has 1 aromatic rings. The molecule has 0 bridgehead atoms. The van der Waals surface area contributed by atoms with Gasteiger partial charge in [0.25, 0.3) is 0 Å². The summed E-state index contributed by atoms with van der Waals surface area (Å²) in [5.41, 5.74) is 0.470. The first kappa shape index (κ1) is 9.13. The van der Waals surface area contributed by atoms with Crippen molar-refractivity contribution in [3.63, 3.8) is 0 Å². The smallest absolute Gasteiger partial charge is 0.165 e. The molecule has 0 aromatic carbocycles. The lowest BCUT2D eigenvalue weighted by atomic mass is 10.4. The third-order valence-electron chi connectivity index (χ3n) is 1.29. The first-order valence-corrected chi connectivity index (χ1v) is 4.09. The SMILES string of the molecule is CC(C)N=c1cccc(Cl)n1O. The lowest BCUT2D eigenvalue weighted by Gasteiger charge is -2.01. The second kappa shape index (κ2) is 3.63. The van der Waals surface area contributed by atoms with Crippen LogP contribution in [0.25, 0.3) is 0 Å². The molecule has 0 aliphatic heterocycles. The molecular formula is C8H11ClN2O. The Kier molecular flexibility index (Phi) is 2.76. The number of halogens is 1. The van der Waals surface area contributed by atoms with Crippen molar-refractivity contribution in [3.05, 3.63) is 28.8 Å². The minimum atomic E-state index is 0.141. The summed E-state index contributed by atoms with van der Waals surface area (Å²) in [5.74, 6) is 0. The molecule has 0 aliphatic carbocycles. The quantitative estimate of drug-likeness (QED) is 0.526. The Hall–Kier alpha value is -0.960. The van der Waals surface area contributed by atoms with Crippen LogP contribution in [-0.2, 0) is 0 Å². The van der Waals surface area contributed by atoms with E-state index in [0.29, 0.717) is 5.49 Å².